The molecule has 3 fully saturated rings. The molecule has 13 heterocycles. The van der Waals surface area contributed by atoms with E-state index in [9.17, 15) is 0 Å². The van der Waals surface area contributed by atoms with Gasteiger partial charge in [0.25, 0.3) is 0 Å². The summed E-state index contributed by atoms with van der Waals surface area (Å²) in [5, 5.41) is 30.0. The molecule has 3 saturated carbocycles. The maximum absolute atomic E-state index is 8.25. The normalized spacial score (nSPS) is 12.9. The SMILES string of the molecule is Cc1ccc(N)nc1.Cc1ccc(N=C(N)c2cncc(Br)c2)nc1.Cc1ccc2nc(-c3cncc(Br)c3)nn2c1.Cc1ccc2nc(-c3cncc(C4CC4)c3)nn2c1.Cc1ccc2nc(-c3cncc(C4CC4)c3)nn2c1.OB(O)C1CC1.[C-]#[N+]c1cncc(Br)c1. The van der Waals surface area contributed by atoms with Crippen molar-refractivity contribution in [3.05, 3.63) is 253 Å². The second kappa shape index (κ2) is 32.3. The molecule has 16 rings (SSSR count). The maximum atomic E-state index is 8.25. The maximum Gasteiger partial charge on any atom is 0.454 e. The van der Waals surface area contributed by atoms with E-state index < -0.39 is 7.12 Å². The van der Waals surface area contributed by atoms with Crippen LogP contribution >= 0.6 is 47.8 Å². The van der Waals surface area contributed by atoms with Gasteiger partial charge >= 0.3 is 7.12 Å². The smallest absolute Gasteiger partial charge is 0.427 e. The van der Waals surface area contributed by atoms with Crippen LogP contribution in [0.2, 0.25) is 5.82 Å². The summed E-state index contributed by atoms with van der Waals surface area (Å²) in [4.78, 5) is 49.6. The Hall–Kier alpha value is -9.91. The van der Waals surface area contributed by atoms with Crippen molar-refractivity contribution >= 4 is 95.0 Å². The van der Waals surface area contributed by atoms with Gasteiger partial charge in [-0.3, -0.25) is 24.9 Å². The highest BCUT2D eigenvalue weighted by molar-refractivity contribution is 9.11. The minimum atomic E-state index is -1.04. The number of nitrogen functional groups attached to an aromatic ring is 1. The molecule has 0 unspecified atom stereocenters. The molecule has 3 aliphatic carbocycles. The minimum Gasteiger partial charge on any atom is -0.427 e. The van der Waals surface area contributed by atoms with Crippen LogP contribution in [0.5, 0.6) is 0 Å². The molecule has 0 saturated heterocycles. The standard InChI is InChI=1S/2C15H14N4.C12H9BrN4.C12H11BrN4.C6H3BrN2.C6H8N2.C3H7BO2/c2*1-10-2-5-14-17-15(18-19(14)9-10)13-6-12(7-16-8-13)11-3-4-11;1-8-2-3-11-15-12(16-17(11)7-8)9-4-10(13)6-14-5-9;1-8-2-3-11(16-5-8)17-12(14)9-4-10(13)7-15-6-9;1-8-6-2-5(7)3-9-4-6;1-5-2-3-6(7)8-4-5;5-4(6)3-1-2-3/h2*2,5-9,11H,3-4H2,1H3;2-7H,1H3;2-7H,1H3,(H2,14,16,17);2-4H;2-4H,1H3,(H2,7,8);3,5-6H,1-2H2. The van der Waals surface area contributed by atoms with Crippen LogP contribution in [0.15, 0.2) is 202 Å². The number of nitrogens with two attached hydrogens (primary N) is 2. The Morgan fingerprint density at radius 1 is 0.495 bits per heavy atom. The van der Waals surface area contributed by atoms with Crippen molar-refractivity contribution in [1.29, 1.82) is 0 Å². The van der Waals surface area contributed by atoms with Gasteiger partial charge in [0.05, 0.1) is 6.57 Å². The van der Waals surface area contributed by atoms with Crippen molar-refractivity contribution < 1.29 is 10.0 Å². The first-order valence-electron chi connectivity index (χ1n) is 30.3. The molecular formula is C69H66BBr3N20O2. The van der Waals surface area contributed by atoms with Gasteiger partial charge in [0.2, 0.25) is 5.69 Å². The highest BCUT2D eigenvalue weighted by Gasteiger charge is 2.33. The molecule has 0 aromatic carbocycles. The second-order valence-electron chi connectivity index (χ2n) is 22.9. The summed E-state index contributed by atoms with van der Waals surface area (Å²) in [6, 6.07) is 29.4. The van der Waals surface area contributed by atoms with Gasteiger partial charge in [-0.15, -0.1) is 15.3 Å². The zero-order valence-corrected chi connectivity index (χ0v) is 57.4. The Morgan fingerprint density at radius 3 is 1.28 bits per heavy atom. The third-order valence-corrected chi connectivity index (χ3v) is 15.8. The number of nitrogens with zero attached hydrogens (tertiary/aromatic N) is 18. The summed E-state index contributed by atoms with van der Waals surface area (Å²) in [5.41, 5.74) is 26.4. The third-order valence-electron chi connectivity index (χ3n) is 14.5. The second-order valence-corrected chi connectivity index (χ2v) is 25.6. The monoisotopic (exact) mass is 1450 g/mol. The summed E-state index contributed by atoms with van der Waals surface area (Å²) in [6.45, 7) is 16.7. The number of fused-ring (bicyclic) bond motifs is 3. The Labute approximate surface area is 574 Å². The highest BCUT2D eigenvalue weighted by Crippen LogP contribution is 2.41. The molecule has 0 aliphatic heterocycles. The molecule has 26 heteroatoms. The van der Waals surface area contributed by atoms with Crippen molar-refractivity contribution in [3.63, 3.8) is 0 Å². The van der Waals surface area contributed by atoms with Crippen LogP contribution in [0.25, 0.3) is 56.0 Å². The Bertz CT molecular complexity index is 4640. The van der Waals surface area contributed by atoms with E-state index >= 15 is 0 Å². The van der Waals surface area contributed by atoms with Crippen LogP contribution in [0.3, 0.4) is 0 Å². The Morgan fingerprint density at radius 2 is 0.916 bits per heavy atom. The lowest BCUT2D eigenvalue weighted by molar-refractivity contribution is 0.403. The molecule has 13 aromatic rings. The minimum absolute atomic E-state index is 0.213. The van der Waals surface area contributed by atoms with Gasteiger partial charge < -0.3 is 21.5 Å². The Kier molecular flexibility index (Phi) is 23.1. The van der Waals surface area contributed by atoms with Crippen molar-refractivity contribution in [2.24, 2.45) is 10.7 Å². The molecule has 0 radical (unpaired) electrons. The summed E-state index contributed by atoms with van der Waals surface area (Å²) in [6.07, 6.45) is 34.2. The number of hydrogen-bond acceptors (Lipinski definition) is 17. The predicted octanol–water partition coefficient (Wildman–Crippen LogP) is 14.4. The lowest BCUT2D eigenvalue weighted by Crippen LogP contribution is -2.13. The lowest BCUT2D eigenvalue weighted by Gasteiger charge is -2.01. The molecule has 3 aliphatic rings. The number of rotatable bonds is 8. The van der Waals surface area contributed by atoms with Crippen LogP contribution in [-0.4, -0.2) is 102 Å². The largest absolute Gasteiger partial charge is 0.454 e. The van der Waals surface area contributed by atoms with Crippen LogP contribution in [-0.2, 0) is 0 Å². The predicted molar refractivity (Wildman–Crippen MR) is 381 cm³/mol. The molecule has 95 heavy (non-hydrogen) atoms. The number of anilines is 1. The van der Waals surface area contributed by atoms with Gasteiger partial charge in [0.15, 0.2) is 40.2 Å². The quantitative estimate of drug-likeness (QED) is 0.0476. The van der Waals surface area contributed by atoms with Gasteiger partial charge in [-0.25, -0.2) is 48.3 Å². The molecule has 6 N–H and O–H groups in total. The molecule has 0 atom stereocenters. The molecule has 0 spiro atoms. The summed E-state index contributed by atoms with van der Waals surface area (Å²) in [5.74, 6) is 5.37. The van der Waals surface area contributed by atoms with Gasteiger partial charge in [-0.1, -0.05) is 59.1 Å². The number of halogens is 3. The number of aromatic nitrogens is 16. The van der Waals surface area contributed by atoms with Crippen molar-refractivity contribution in [2.75, 3.05) is 5.73 Å². The van der Waals surface area contributed by atoms with Crippen molar-refractivity contribution in [1.82, 2.24) is 78.7 Å². The van der Waals surface area contributed by atoms with E-state index in [0.29, 0.717) is 40.8 Å². The fourth-order valence-electron chi connectivity index (χ4n) is 8.90. The average molecular weight is 1460 g/mol. The number of aryl methyl sites for hydroxylation is 5. The fourth-order valence-corrected chi connectivity index (χ4v) is 9.98. The van der Waals surface area contributed by atoms with E-state index in [1.807, 2.05) is 140 Å². The van der Waals surface area contributed by atoms with Crippen LogP contribution in [0.1, 0.15) is 94.9 Å². The fraction of sp³-hybridized carbons (Fsp3) is 0.203. The number of amidine groups is 1. The number of hydrogen-bond donors (Lipinski definition) is 4. The Balaban J connectivity index is 0.000000125. The van der Waals surface area contributed by atoms with Crippen LogP contribution in [0, 0.1) is 41.2 Å². The van der Waals surface area contributed by atoms with E-state index in [2.05, 4.69) is 149 Å². The molecule has 0 amide bonds. The summed E-state index contributed by atoms with van der Waals surface area (Å²) in [7, 11) is -1.04. The average Bonchev–Trinajstić information content (AvgIpc) is 1.85. The third kappa shape index (κ3) is 20.5. The van der Waals surface area contributed by atoms with Gasteiger partial charge in [-0.05, 0) is 209 Å². The van der Waals surface area contributed by atoms with E-state index in [1.54, 1.807) is 60.0 Å². The zero-order chi connectivity index (χ0) is 67.0. The zero-order valence-electron chi connectivity index (χ0n) is 52.6. The van der Waals surface area contributed by atoms with E-state index in [-0.39, 0.29) is 5.82 Å². The van der Waals surface area contributed by atoms with Crippen LogP contribution < -0.4 is 11.5 Å². The van der Waals surface area contributed by atoms with Gasteiger partial charge in [0.1, 0.15) is 11.7 Å². The first-order valence-corrected chi connectivity index (χ1v) is 32.7. The summed E-state index contributed by atoms with van der Waals surface area (Å²) >= 11 is 9.92. The first kappa shape index (κ1) is 68.0. The topological polar surface area (TPSA) is 290 Å². The number of aliphatic imine (C=N–C) groups is 1. The van der Waals surface area contributed by atoms with Crippen molar-refractivity contribution in [3.8, 4) is 34.2 Å². The number of pyridine rings is 10. The highest BCUT2D eigenvalue weighted by atomic mass is 79.9. The van der Waals surface area contributed by atoms with E-state index in [1.165, 1.54) is 54.1 Å². The molecule has 22 nitrogen and oxygen atoms in total. The van der Waals surface area contributed by atoms with Crippen LogP contribution in [0.4, 0.5) is 17.3 Å². The van der Waals surface area contributed by atoms with Gasteiger partial charge in [-0.2, -0.15) is 0 Å². The molecule has 478 valence electrons. The lowest BCUT2D eigenvalue weighted by atomic mass is 9.84. The van der Waals surface area contributed by atoms with Gasteiger partial charge in [0, 0.05) is 129 Å². The summed E-state index contributed by atoms with van der Waals surface area (Å²) < 4.78 is 8.07. The van der Waals surface area contributed by atoms with Crippen molar-refractivity contribution in [2.45, 2.75) is 90.8 Å². The van der Waals surface area contributed by atoms with E-state index in [0.717, 1.165) is 93.8 Å². The first-order chi connectivity index (χ1) is 45.9. The van der Waals surface area contributed by atoms with E-state index in [4.69, 9.17) is 28.1 Å². The molecular weight excluding hydrogens is 1390 g/mol. The molecule has 13 aromatic heterocycles. The molecule has 0 bridgehead atoms.